The van der Waals surface area contributed by atoms with Crippen molar-refractivity contribution in [2.24, 2.45) is 0 Å². The van der Waals surface area contributed by atoms with Crippen LogP contribution in [0.1, 0.15) is 122 Å². The van der Waals surface area contributed by atoms with Gasteiger partial charge in [0.05, 0.1) is 12.2 Å². The van der Waals surface area contributed by atoms with Gasteiger partial charge in [0.1, 0.15) is 0 Å². The Labute approximate surface area is 174 Å². The molecule has 0 unspecified atom stereocenters. The second-order valence-corrected chi connectivity index (χ2v) is 9.94. The molecular weight excluding hydrogens is 374 g/mol. The number of sulfonamides is 1. The lowest BCUT2D eigenvalue weighted by Crippen LogP contribution is -2.28. The predicted molar refractivity (Wildman–Crippen MR) is 118 cm³/mol. The first-order chi connectivity index (χ1) is 13.5. The average molecular weight is 420 g/mol. The third kappa shape index (κ3) is 21.7. The van der Waals surface area contributed by atoms with Gasteiger partial charge in [0.2, 0.25) is 10.0 Å². The van der Waals surface area contributed by atoms with Gasteiger partial charge in [0.15, 0.2) is 0 Å². The van der Waals surface area contributed by atoms with E-state index in [9.17, 15) is 13.2 Å². The molecule has 0 saturated carbocycles. The molecule has 0 aromatic heterocycles. The number of nitrogens with one attached hydrogen (secondary N) is 1. The molecule has 0 aromatic rings. The number of carboxylic acid groups (broad SMARTS) is 1. The molecule has 2 N–H and O–H groups in total. The van der Waals surface area contributed by atoms with Gasteiger partial charge in [-0.25, -0.2) is 13.1 Å². The van der Waals surface area contributed by atoms with Crippen LogP contribution in [0.2, 0.25) is 0 Å². The zero-order valence-electron chi connectivity index (χ0n) is 18.2. The summed E-state index contributed by atoms with van der Waals surface area (Å²) in [5.74, 6) is -0.883. The molecule has 0 bridgehead atoms. The van der Waals surface area contributed by atoms with Crippen molar-refractivity contribution in [3.8, 4) is 0 Å². The van der Waals surface area contributed by atoms with Gasteiger partial charge in [-0.1, -0.05) is 110 Å². The van der Waals surface area contributed by atoms with E-state index in [0.29, 0.717) is 6.42 Å². The maximum absolute atomic E-state index is 11.7. The molecular formula is C22H45NO4S. The first kappa shape index (κ1) is 27.4. The lowest BCUT2D eigenvalue weighted by molar-refractivity contribution is -0.136. The Morgan fingerprint density at radius 3 is 1.39 bits per heavy atom. The minimum Gasteiger partial charge on any atom is -0.481 e. The van der Waals surface area contributed by atoms with Crippen LogP contribution in [0.5, 0.6) is 0 Å². The molecule has 0 aliphatic heterocycles. The van der Waals surface area contributed by atoms with Crippen LogP contribution in [0.3, 0.4) is 0 Å². The van der Waals surface area contributed by atoms with E-state index in [0.717, 1.165) is 12.8 Å². The molecule has 0 aromatic carbocycles. The van der Waals surface area contributed by atoms with E-state index in [1.54, 1.807) is 0 Å². The zero-order chi connectivity index (χ0) is 20.9. The lowest BCUT2D eigenvalue weighted by Gasteiger charge is -2.06. The van der Waals surface area contributed by atoms with Gasteiger partial charge in [0.25, 0.3) is 0 Å². The largest absolute Gasteiger partial charge is 0.481 e. The molecule has 0 amide bonds. The van der Waals surface area contributed by atoms with Crippen molar-refractivity contribution in [1.29, 1.82) is 0 Å². The molecule has 28 heavy (non-hydrogen) atoms. The van der Waals surface area contributed by atoms with Crippen LogP contribution in [0, 0.1) is 0 Å². The van der Waals surface area contributed by atoms with E-state index in [4.69, 9.17) is 5.11 Å². The lowest BCUT2D eigenvalue weighted by atomic mass is 10.0. The predicted octanol–water partition coefficient (Wildman–Crippen LogP) is 6.03. The Morgan fingerprint density at radius 1 is 0.679 bits per heavy atom. The highest BCUT2D eigenvalue weighted by Crippen LogP contribution is 2.14. The Hall–Kier alpha value is -0.620. The van der Waals surface area contributed by atoms with E-state index in [-0.39, 0.29) is 18.7 Å². The van der Waals surface area contributed by atoms with Crippen LogP contribution in [0.4, 0.5) is 0 Å². The average Bonchev–Trinajstić information content (AvgIpc) is 2.63. The number of carboxylic acids is 1. The van der Waals surface area contributed by atoms with Gasteiger partial charge in [0, 0.05) is 6.54 Å². The molecule has 0 heterocycles. The van der Waals surface area contributed by atoms with Crippen LogP contribution in [0.25, 0.3) is 0 Å². The Bertz CT molecular complexity index is 451. The van der Waals surface area contributed by atoms with Gasteiger partial charge in [-0.2, -0.15) is 0 Å². The van der Waals surface area contributed by atoms with Crippen LogP contribution >= 0.6 is 0 Å². The second kappa shape index (κ2) is 19.7. The van der Waals surface area contributed by atoms with Gasteiger partial charge < -0.3 is 5.11 Å². The zero-order valence-corrected chi connectivity index (χ0v) is 19.0. The Morgan fingerprint density at radius 2 is 1.04 bits per heavy atom. The van der Waals surface area contributed by atoms with Crippen molar-refractivity contribution in [3.05, 3.63) is 0 Å². The van der Waals surface area contributed by atoms with E-state index >= 15 is 0 Å². The highest BCUT2D eigenvalue weighted by Gasteiger charge is 2.09. The molecule has 0 spiro atoms. The minimum atomic E-state index is -3.31. The fraction of sp³-hybridized carbons (Fsp3) is 0.955. The number of aliphatic carboxylic acids is 1. The summed E-state index contributed by atoms with van der Waals surface area (Å²) in [4.78, 5) is 10.4. The van der Waals surface area contributed by atoms with E-state index in [1.165, 1.54) is 89.9 Å². The molecule has 0 aliphatic rings. The van der Waals surface area contributed by atoms with Gasteiger partial charge in [-0.3, -0.25) is 4.79 Å². The van der Waals surface area contributed by atoms with Crippen LogP contribution < -0.4 is 4.72 Å². The molecule has 168 valence electrons. The fourth-order valence-electron chi connectivity index (χ4n) is 3.40. The van der Waals surface area contributed by atoms with E-state index < -0.39 is 16.0 Å². The normalized spacial score (nSPS) is 11.8. The van der Waals surface area contributed by atoms with Crippen LogP contribution in [-0.4, -0.2) is 31.8 Å². The maximum atomic E-state index is 11.7. The van der Waals surface area contributed by atoms with Crippen molar-refractivity contribution in [2.75, 3.05) is 12.3 Å². The maximum Gasteiger partial charge on any atom is 0.304 e. The molecule has 0 aliphatic carbocycles. The summed E-state index contributed by atoms with van der Waals surface area (Å²) in [6.07, 6.45) is 21.5. The molecule has 6 heteroatoms. The smallest absolute Gasteiger partial charge is 0.304 e. The standard InChI is InChI=1S/C22H45NO4S/c1-2-3-4-5-6-7-8-9-10-11-12-13-14-15-16-17-18-21-28(26,27)23-20-19-22(24)25/h23H,2-21H2,1H3,(H,24,25). The minimum absolute atomic E-state index is 0.0172. The summed E-state index contributed by atoms with van der Waals surface area (Å²) in [5.41, 5.74) is 0. The van der Waals surface area contributed by atoms with E-state index in [2.05, 4.69) is 11.6 Å². The Balaban J connectivity index is 3.24. The first-order valence-corrected chi connectivity index (χ1v) is 13.3. The fourth-order valence-corrected chi connectivity index (χ4v) is 4.54. The molecule has 5 nitrogen and oxygen atoms in total. The number of hydrogen-bond acceptors (Lipinski definition) is 3. The summed E-state index contributed by atoms with van der Waals surface area (Å²) in [6, 6.07) is 0. The van der Waals surface area contributed by atoms with Crippen molar-refractivity contribution in [2.45, 2.75) is 122 Å². The van der Waals surface area contributed by atoms with Crippen molar-refractivity contribution in [1.82, 2.24) is 4.72 Å². The SMILES string of the molecule is CCCCCCCCCCCCCCCCCCCS(=O)(=O)NCCC(=O)O. The first-order valence-electron chi connectivity index (χ1n) is 11.7. The van der Waals surface area contributed by atoms with Crippen LogP contribution in [-0.2, 0) is 14.8 Å². The molecule has 0 atom stereocenters. The number of carbonyl (C=O) groups is 1. The van der Waals surface area contributed by atoms with Crippen LogP contribution in [0.15, 0.2) is 0 Å². The summed E-state index contributed by atoms with van der Waals surface area (Å²) in [5, 5.41) is 8.51. The summed E-state index contributed by atoms with van der Waals surface area (Å²) in [6.45, 7) is 2.25. The van der Waals surface area contributed by atoms with Crippen molar-refractivity contribution >= 4 is 16.0 Å². The monoisotopic (exact) mass is 419 g/mol. The molecule has 0 rings (SSSR count). The quantitative estimate of drug-likeness (QED) is 0.210. The summed E-state index contributed by atoms with van der Waals surface area (Å²) in [7, 11) is -3.31. The van der Waals surface area contributed by atoms with Gasteiger partial charge in [-0.15, -0.1) is 0 Å². The molecule has 0 fully saturated rings. The highest BCUT2D eigenvalue weighted by molar-refractivity contribution is 7.89. The molecule has 0 saturated heterocycles. The third-order valence-electron chi connectivity index (χ3n) is 5.18. The molecule has 0 radical (unpaired) electrons. The van der Waals surface area contributed by atoms with Gasteiger partial charge in [-0.05, 0) is 6.42 Å². The number of rotatable bonds is 22. The third-order valence-corrected chi connectivity index (χ3v) is 6.65. The summed E-state index contributed by atoms with van der Waals surface area (Å²) < 4.78 is 25.7. The van der Waals surface area contributed by atoms with Crippen molar-refractivity contribution < 1.29 is 18.3 Å². The highest BCUT2D eigenvalue weighted by atomic mass is 32.2. The topological polar surface area (TPSA) is 83.5 Å². The van der Waals surface area contributed by atoms with E-state index in [1.807, 2.05) is 0 Å². The second-order valence-electron chi connectivity index (χ2n) is 8.01. The Kier molecular flexibility index (Phi) is 19.2. The number of hydrogen-bond donors (Lipinski definition) is 2. The van der Waals surface area contributed by atoms with Gasteiger partial charge >= 0.3 is 5.97 Å². The number of unbranched alkanes of at least 4 members (excludes halogenated alkanes) is 16. The summed E-state index contributed by atoms with van der Waals surface area (Å²) >= 11 is 0. The van der Waals surface area contributed by atoms with Crippen molar-refractivity contribution in [3.63, 3.8) is 0 Å².